The van der Waals surface area contributed by atoms with E-state index in [2.05, 4.69) is 5.32 Å². The van der Waals surface area contributed by atoms with E-state index in [-0.39, 0.29) is 23.4 Å². The SMILES string of the molecule is CCOc1c(Cl)cc(C(=O)N(C)CC(=O)Nc2c(C)cccc2C)cc1OC. The maximum Gasteiger partial charge on any atom is 0.254 e. The molecule has 0 heterocycles. The number of halogens is 1. The van der Waals surface area contributed by atoms with Gasteiger partial charge in [-0.1, -0.05) is 29.8 Å². The average Bonchev–Trinajstić information content (AvgIpc) is 2.65. The molecule has 0 saturated carbocycles. The number of nitrogens with zero attached hydrogens (tertiary/aromatic N) is 1. The molecule has 150 valence electrons. The van der Waals surface area contributed by atoms with E-state index in [0.29, 0.717) is 23.7 Å². The van der Waals surface area contributed by atoms with Crippen LogP contribution in [0.4, 0.5) is 5.69 Å². The van der Waals surface area contributed by atoms with Crippen molar-refractivity contribution >= 4 is 29.1 Å². The number of rotatable bonds is 7. The summed E-state index contributed by atoms with van der Waals surface area (Å²) in [6, 6.07) is 8.84. The number of carbonyl (C=O) groups is 2. The molecule has 0 saturated heterocycles. The highest BCUT2D eigenvalue weighted by Crippen LogP contribution is 2.36. The van der Waals surface area contributed by atoms with Crippen LogP contribution >= 0.6 is 11.6 Å². The van der Waals surface area contributed by atoms with Gasteiger partial charge in [0.2, 0.25) is 5.91 Å². The van der Waals surface area contributed by atoms with E-state index in [9.17, 15) is 9.59 Å². The average molecular weight is 405 g/mol. The van der Waals surface area contributed by atoms with E-state index < -0.39 is 0 Å². The van der Waals surface area contributed by atoms with Crippen molar-refractivity contribution in [1.29, 1.82) is 0 Å². The molecular formula is C21H25ClN2O4. The van der Waals surface area contributed by atoms with Gasteiger partial charge in [0, 0.05) is 18.3 Å². The summed E-state index contributed by atoms with van der Waals surface area (Å²) in [5.74, 6) is 0.127. The third-order valence-corrected chi connectivity index (χ3v) is 4.52. The molecule has 0 unspecified atom stereocenters. The first-order valence-corrected chi connectivity index (χ1v) is 9.28. The number of benzene rings is 2. The van der Waals surface area contributed by atoms with Crippen molar-refractivity contribution in [2.45, 2.75) is 20.8 Å². The first kappa shape index (κ1) is 21.6. The summed E-state index contributed by atoms with van der Waals surface area (Å²) in [6.45, 7) is 6.00. The second-order valence-electron chi connectivity index (χ2n) is 6.40. The minimum absolute atomic E-state index is 0.0975. The summed E-state index contributed by atoms with van der Waals surface area (Å²) < 4.78 is 10.7. The number of aryl methyl sites for hydroxylation is 2. The molecule has 0 aliphatic heterocycles. The zero-order chi connectivity index (χ0) is 20.8. The maximum atomic E-state index is 12.7. The van der Waals surface area contributed by atoms with Crippen LogP contribution in [0.15, 0.2) is 30.3 Å². The van der Waals surface area contributed by atoms with Crippen molar-refractivity contribution in [3.8, 4) is 11.5 Å². The first-order chi connectivity index (χ1) is 13.3. The van der Waals surface area contributed by atoms with Crippen molar-refractivity contribution in [1.82, 2.24) is 4.90 Å². The lowest BCUT2D eigenvalue weighted by molar-refractivity contribution is -0.116. The van der Waals surface area contributed by atoms with Crippen molar-refractivity contribution in [2.75, 3.05) is 32.6 Å². The third kappa shape index (κ3) is 4.95. The summed E-state index contributed by atoms with van der Waals surface area (Å²) in [5.41, 5.74) is 3.00. The molecule has 0 aliphatic rings. The number of ether oxygens (including phenoxy) is 2. The quantitative estimate of drug-likeness (QED) is 0.755. The fourth-order valence-electron chi connectivity index (χ4n) is 2.83. The minimum Gasteiger partial charge on any atom is -0.493 e. The monoisotopic (exact) mass is 404 g/mol. The van der Waals surface area contributed by atoms with Crippen LogP contribution in [0.25, 0.3) is 0 Å². The number of hydrogen-bond acceptors (Lipinski definition) is 4. The predicted molar refractivity (Wildman–Crippen MR) is 111 cm³/mol. The summed E-state index contributed by atoms with van der Waals surface area (Å²) in [5, 5.41) is 3.15. The van der Waals surface area contributed by atoms with Gasteiger partial charge >= 0.3 is 0 Å². The topological polar surface area (TPSA) is 67.9 Å². The maximum absolute atomic E-state index is 12.7. The van der Waals surface area contributed by atoms with Gasteiger partial charge in [-0.3, -0.25) is 9.59 Å². The molecule has 0 radical (unpaired) electrons. The van der Waals surface area contributed by atoms with Crippen molar-refractivity contribution in [2.24, 2.45) is 0 Å². The molecule has 2 rings (SSSR count). The predicted octanol–water partition coefficient (Wildman–Crippen LogP) is 4.07. The van der Waals surface area contributed by atoms with E-state index >= 15 is 0 Å². The third-order valence-electron chi connectivity index (χ3n) is 4.24. The second-order valence-corrected chi connectivity index (χ2v) is 6.81. The number of para-hydroxylation sites is 1. The fraction of sp³-hybridized carbons (Fsp3) is 0.333. The lowest BCUT2D eigenvalue weighted by Crippen LogP contribution is -2.35. The van der Waals surface area contributed by atoms with Crippen molar-refractivity contribution in [3.63, 3.8) is 0 Å². The number of amides is 2. The number of carbonyl (C=O) groups excluding carboxylic acids is 2. The van der Waals surface area contributed by atoms with Crippen LogP contribution in [0.3, 0.4) is 0 Å². The molecular weight excluding hydrogens is 380 g/mol. The van der Waals surface area contributed by atoms with E-state index in [1.807, 2.05) is 39.0 Å². The zero-order valence-electron chi connectivity index (χ0n) is 16.8. The van der Waals surface area contributed by atoms with Gasteiger partial charge in [0.15, 0.2) is 11.5 Å². The van der Waals surface area contributed by atoms with Crippen LogP contribution in [0.1, 0.15) is 28.4 Å². The van der Waals surface area contributed by atoms with Crippen LogP contribution in [0.5, 0.6) is 11.5 Å². The zero-order valence-corrected chi connectivity index (χ0v) is 17.5. The molecule has 0 fully saturated rings. The molecule has 0 bridgehead atoms. The number of likely N-dealkylation sites (N-methyl/N-ethyl adjacent to an activating group) is 1. The van der Waals surface area contributed by atoms with E-state index in [1.54, 1.807) is 13.1 Å². The molecule has 0 aromatic heterocycles. The highest BCUT2D eigenvalue weighted by Gasteiger charge is 2.20. The molecule has 0 atom stereocenters. The second kappa shape index (κ2) is 9.46. The molecule has 2 aromatic carbocycles. The Morgan fingerprint density at radius 3 is 2.39 bits per heavy atom. The van der Waals surface area contributed by atoms with Gasteiger partial charge in [-0.05, 0) is 44.0 Å². The van der Waals surface area contributed by atoms with E-state index in [0.717, 1.165) is 16.8 Å². The van der Waals surface area contributed by atoms with Crippen LogP contribution in [0.2, 0.25) is 5.02 Å². The Morgan fingerprint density at radius 2 is 1.82 bits per heavy atom. The molecule has 6 nitrogen and oxygen atoms in total. The van der Waals surface area contributed by atoms with Gasteiger partial charge in [0.25, 0.3) is 5.91 Å². The summed E-state index contributed by atoms with van der Waals surface area (Å²) in [7, 11) is 3.04. The van der Waals surface area contributed by atoms with Gasteiger partial charge in [0.1, 0.15) is 0 Å². The first-order valence-electron chi connectivity index (χ1n) is 8.90. The number of hydrogen-bond donors (Lipinski definition) is 1. The molecule has 1 N–H and O–H groups in total. The number of anilines is 1. The van der Waals surface area contributed by atoms with Gasteiger partial charge in [0.05, 0.1) is 25.3 Å². The highest BCUT2D eigenvalue weighted by molar-refractivity contribution is 6.32. The summed E-state index contributed by atoms with van der Waals surface area (Å²) in [4.78, 5) is 26.5. The minimum atomic E-state index is -0.347. The van der Waals surface area contributed by atoms with Crippen molar-refractivity contribution < 1.29 is 19.1 Å². The molecule has 2 aromatic rings. The fourth-order valence-corrected chi connectivity index (χ4v) is 3.09. The largest absolute Gasteiger partial charge is 0.493 e. The van der Waals surface area contributed by atoms with Gasteiger partial charge in [-0.15, -0.1) is 0 Å². The molecule has 28 heavy (non-hydrogen) atoms. The van der Waals surface area contributed by atoms with E-state index in [1.165, 1.54) is 18.1 Å². The Balaban J connectivity index is 2.14. The normalized spacial score (nSPS) is 10.4. The lowest BCUT2D eigenvalue weighted by atomic mass is 10.1. The Morgan fingerprint density at radius 1 is 1.18 bits per heavy atom. The molecule has 0 spiro atoms. The standard InChI is InChI=1S/C21H25ClN2O4/c1-6-28-20-16(22)10-15(11-17(20)27-5)21(26)24(4)12-18(25)23-19-13(2)8-7-9-14(19)3/h7-11H,6,12H2,1-5H3,(H,23,25). The molecule has 0 aliphatic carbocycles. The molecule has 7 heteroatoms. The highest BCUT2D eigenvalue weighted by atomic mass is 35.5. The van der Waals surface area contributed by atoms with Crippen LogP contribution in [0, 0.1) is 13.8 Å². The Hall–Kier alpha value is -2.73. The van der Waals surface area contributed by atoms with Gasteiger partial charge in [-0.2, -0.15) is 0 Å². The summed E-state index contributed by atoms with van der Waals surface area (Å²) >= 11 is 6.23. The van der Waals surface area contributed by atoms with Crippen molar-refractivity contribution in [3.05, 3.63) is 52.0 Å². The Bertz CT molecular complexity index is 863. The van der Waals surface area contributed by atoms with Crippen LogP contribution in [-0.4, -0.2) is 44.0 Å². The van der Waals surface area contributed by atoms with Gasteiger partial charge < -0.3 is 19.7 Å². The Labute approximate surface area is 170 Å². The Kier molecular flexibility index (Phi) is 7.29. The smallest absolute Gasteiger partial charge is 0.254 e. The number of nitrogens with one attached hydrogen (secondary N) is 1. The van der Waals surface area contributed by atoms with Gasteiger partial charge in [-0.25, -0.2) is 0 Å². The van der Waals surface area contributed by atoms with Crippen LogP contribution in [-0.2, 0) is 4.79 Å². The molecule has 2 amide bonds. The van der Waals surface area contributed by atoms with E-state index in [4.69, 9.17) is 21.1 Å². The lowest BCUT2D eigenvalue weighted by Gasteiger charge is -2.19. The summed E-state index contributed by atoms with van der Waals surface area (Å²) in [6.07, 6.45) is 0. The van der Waals surface area contributed by atoms with Crippen LogP contribution < -0.4 is 14.8 Å². The number of methoxy groups -OCH3 is 1.